The summed E-state index contributed by atoms with van der Waals surface area (Å²) in [5.41, 5.74) is -0.175. The molecule has 0 bridgehead atoms. The Bertz CT molecular complexity index is 710. The molecule has 0 radical (unpaired) electrons. The standard InChI is InChI=1S/C18H27N3O5S/c1-11-8-20(6-7-21(11)17(23)26-18(2,3)4)15-13(16(22)24-5)19-14(27-15)12-9-25-10-12/h11-12H,6-10H2,1-5H3. The van der Waals surface area contributed by atoms with Crippen molar-refractivity contribution < 1.29 is 23.8 Å². The average Bonchev–Trinajstić information content (AvgIpc) is 2.95. The molecule has 0 N–H and O–H groups in total. The van der Waals surface area contributed by atoms with Crippen molar-refractivity contribution >= 4 is 28.4 Å². The molecule has 2 aliphatic rings. The highest BCUT2D eigenvalue weighted by Gasteiger charge is 2.35. The van der Waals surface area contributed by atoms with E-state index in [1.165, 1.54) is 18.4 Å². The second-order valence-corrected chi connectivity index (χ2v) is 8.91. The maximum atomic E-state index is 12.4. The fraction of sp³-hybridized carbons (Fsp3) is 0.722. The van der Waals surface area contributed by atoms with Gasteiger partial charge < -0.3 is 24.0 Å². The molecule has 2 aliphatic heterocycles. The molecule has 150 valence electrons. The number of rotatable bonds is 3. The topological polar surface area (TPSA) is 81.2 Å². The molecule has 0 saturated carbocycles. The van der Waals surface area contributed by atoms with Crippen LogP contribution in [0.4, 0.5) is 9.80 Å². The summed E-state index contributed by atoms with van der Waals surface area (Å²) in [6, 6.07) is -0.0447. The van der Waals surface area contributed by atoms with Crippen LogP contribution in [0, 0.1) is 0 Å². The van der Waals surface area contributed by atoms with Crippen LogP contribution < -0.4 is 4.90 Å². The smallest absolute Gasteiger partial charge is 0.410 e. The zero-order valence-electron chi connectivity index (χ0n) is 16.5. The number of nitrogens with zero attached hydrogens (tertiary/aromatic N) is 3. The number of methoxy groups -OCH3 is 1. The van der Waals surface area contributed by atoms with Gasteiger partial charge in [0, 0.05) is 25.7 Å². The zero-order valence-corrected chi connectivity index (χ0v) is 17.3. The van der Waals surface area contributed by atoms with E-state index in [2.05, 4.69) is 9.88 Å². The first-order valence-corrected chi connectivity index (χ1v) is 9.92. The Morgan fingerprint density at radius 1 is 1.26 bits per heavy atom. The van der Waals surface area contributed by atoms with E-state index in [1.807, 2.05) is 27.7 Å². The van der Waals surface area contributed by atoms with Gasteiger partial charge in [-0.15, -0.1) is 11.3 Å². The fourth-order valence-corrected chi connectivity index (χ4v) is 4.22. The number of ether oxygens (including phenoxy) is 3. The molecule has 1 atom stereocenters. The maximum absolute atomic E-state index is 12.4. The Hall–Kier alpha value is -1.87. The summed E-state index contributed by atoms with van der Waals surface area (Å²) >= 11 is 1.51. The molecule has 1 amide bonds. The van der Waals surface area contributed by atoms with Crippen LogP contribution in [0.2, 0.25) is 0 Å². The largest absolute Gasteiger partial charge is 0.464 e. The second kappa shape index (κ2) is 7.63. The normalized spacial score (nSPS) is 21.0. The Morgan fingerprint density at radius 3 is 2.48 bits per heavy atom. The van der Waals surface area contributed by atoms with Crippen molar-refractivity contribution in [3.05, 3.63) is 10.7 Å². The average molecular weight is 397 g/mol. The van der Waals surface area contributed by atoms with Crippen molar-refractivity contribution in [2.24, 2.45) is 0 Å². The molecule has 0 aromatic carbocycles. The monoisotopic (exact) mass is 397 g/mol. The lowest BCUT2D eigenvalue weighted by atomic mass is 10.1. The molecule has 2 fully saturated rings. The van der Waals surface area contributed by atoms with Gasteiger partial charge in [-0.3, -0.25) is 0 Å². The summed E-state index contributed by atoms with van der Waals surface area (Å²) < 4.78 is 15.7. The van der Waals surface area contributed by atoms with E-state index >= 15 is 0 Å². The highest BCUT2D eigenvalue weighted by Crippen LogP contribution is 2.37. The summed E-state index contributed by atoms with van der Waals surface area (Å²) in [6.07, 6.45) is -0.306. The molecular weight excluding hydrogens is 370 g/mol. The number of piperazine rings is 1. The summed E-state index contributed by atoms with van der Waals surface area (Å²) in [6.45, 7) is 10.6. The highest BCUT2D eigenvalue weighted by molar-refractivity contribution is 7.16. The van der Waals surface area contributed by atoms with E-state index < -0.39 is 11.6 Å². The third-order valence-corrected chi connectivity index (χ3v) is 5.81. The van der Waals surface area contributed by atoms with E-state index in [0.29, 0.717) is 38.5 Å². The van der Waals surface area contributed by atoms with Gasteiger partial charge in [0.1, 0.15) is 15.6 Å². The minimum atomic E-state index is -0.524. The summed E-state index contributed by atoms with van der Waals surface area (Å²) in [5.74, 6) is -0.192. The third-order valence-electron chi connectivity index (χ3n) is 4.53. The predicted molar refractivity (Wildman–Crippen MR) is 102 cm³/mol. The van der Waals surface area contributed by atoms with Crippen LogP contribution in [0.15, 0.2) is 0 Å². The minimum absolute atomic E-state index is 0.0447. The third kappa shape index (κ3) is 4.35. The molecule has 0 spiro atoms. The quantitative estimate of drug-likeness (QED) is 0.725. The first kappa shape index (κ1) is 19.9. The lowest BCUT2D eigenvalue weighted by Crippen LogP contribution is -2.55. The van der Waals surface area contributed by atoms with E-state index in [1.54, 1.807) is 4.90 Å². The van der Waals surface area contributed by atoms with Crippen molar-refractivity contribution in [2.45, 2.75) is 45.3 Å². The number of hydrogen-bond acceptors (Lipinski definition) is 8. The van der Waals surface area contributed by atoms with Crippen LogP contribution >= 0.6 is 11.3 Å². The number of carbonyl (C=O) groups is 2. The van der Waals surface area contributed by atoms with Crippen molar-refractivity contribution in [2.75, 3.05) is 44.9 Å². The number of aromatic nitrogens is 1. The van der Waals surface area contributed by atoms with Crippen LogP contribution in [-0.2, 0) is 14.2 Å². The molecule has 1 unspecified atom stereocenters. The molecule has 3 rings (SSSR count). The molecule has 27 heavy (non-hydrogen) atoms. The molecule has 8 nitrogen and oxygen atoms in total. The summed E-state index contributed by atoms with van der Waals surface area (Å²) in [5, 5.41) is 1.71. The first-order chi connectivity index (χ1) is 12.7. The SMILES string of the molecule is COC(=O)c1nc(C2COC2)sc1N1CCN(C(=O)OC(C)(C)C)C(C)C1. The van der Waals surface area contributed by atoms with Crippen LogP contribution in [0.3, 0.4) is 0 Å². The van der Waals surface area contributed by atoms with Crippen molar-refractivity contribution in [1.82, 2.24) is 9.88 Å². The molecule has 1 aromatic rings. The van der Waals surface area contributed by atoms with Gasteiger partial charge in [-0.2, -0.15) is 0 Å². The Labute approximate surface area is 163 Å². The maximum Gasteiger partial charge on any atom is 0.410 e. The van der Waals surface area contributed by atoms with Crippen LogP contribution in [0.25, 0.3) is 0 Å². The lowest BCUT2D eigenvalue weighted by molar-refractivity contribution is 0.00821. The van der Waals surface area contributed by atoms with Gasteiger partial charge in [0.25, 0.3) is 0 Å². The van der Waals surface area contributed by atoms with Gasteiger partial charge in [-0.25, -0.2) is 14.6 Å². The second-order valence-electron chi connectivity index (χ2n) is 7.90. The van der Waals surface area contributed by atoms with Gasteiger partial charge in [-0.05, 0) is 27.7 Å². The number of hydrogen-bond donors (Lipinski definition) is 0. The van der Waals surface area contributed by atoms with Gasteiger partial charge in [0.15, 0.2) is 5.69 Å². The van der Waals surface area contributed by atoms with Crippen LogP contribution in [0.1, 0.15) is 49.1 Å². The predicted octanol–water partition coefficient (Wildman–Crippen LogP) is 2.49. The highest BCUT2D eigenvalue weighted by atomic mass is 32.1. The fourth-order valence-electron chi connectivity index (χ4n) is 3.06. The number of amides is 1. The number of esters is 1. The van der Waals surface area contributed by atoms with Crippen molar-refractivity contribution in [3.8, 4) is 0 Å². The minimum Gasteiger partial charge on any atom is -0.464 e. The first-order valence-electron chi connectivity index (χ1n) is 9.11. The molecular formula is C18H27N3O5S. The molecule has 9 heteroatoms. The van der Waals surface area contributed by atoms with Gasteiger partial charge >= 0.3 is 12.1 Å². The van der Waals surface area contributed by atoms with E-state index in [4.69, 9.17) is 14.2 Å². The molecule has 0 aliphatic carbocycles. The number of carbonyl (C=O) groups excluding carboxylic acids is 2. The van der Waals surface area contributed by atoms with Gasteiger partial charge in [-0.1, -0.05) is 0 Å². The summed E-state index contributed by atoms with van der Waals surface area (Å²) in [4.78, 5) is 33.0. The lowest BCUT2D eigenvalue weighted by Gasteiger charge is -2.40. The van der Waals surface area contributed by atoms with Crippen molar-refractivity contribution in [3.63, 3.8) is 0 Å². The number of thiazole rings is 1. The summed E-state index contributed by atoms with van der Waals surface area (Å²) in [7, 11) is 1.36. The Morgan fingerprint density at radius 2 is 1.96 bits per heavy atom. The Balaban J connectivity index is 1.75. The molecule has 1 aromatic heterocycles. The van der Waals surface area contributed by atoms with E-state index in [-0.39, 0.29) is 18.1 Å². The zero-order chi connectivity index (χ0) is 19.8. The van der Waals surface area contributed by atoms with Crippen LogP contribution in [0.5, 0.6) is 0 Å². The van der Waals surface area contributed by atoms with Gasteiger partial charge in [0.05, 0.1) is 26.2 Å². The Kier molecular flexibility index (Phi) is 5.62. The van der Waals surface area contributed by atoms with Crippen molar-refractivity contribution in [1.29, 1.82) is 0 Å². The van der Waals surface area contributed by atoms with Crippen LogP contribution in [-0.4, -0.2) is 73.5 Å². The van der Waals surface area contributed by atoms with Gasteiger partial charge in [0.2, 0.25) is 0 Å². The van der Waals surface area contributed by atoms with E-state index in [0.717, 1.165) is 10.0 Å². The number of anilines is 1. The molecule has 3 heterocycles. The molecule has 2 saturated heterocycles. The van der Waals surface area contributed by atoms with E-state index in [9.17, 15) is 9.59 Å².